The first-order valence-corrected chi connectivity index (χ1v) is 7.48. The number of piperazine rings is 1. The van der Waals surface area contributed by atoms with E-state index in [1.165, 1.54) is 32.5 Å². The lowest BCUT2D eigenvalue weighted by atomic mass is 10.1. The Kier molecular flexibility index (Phi) is 2.89. The highest BCUT2D eigenvalue weighted by atomic mass is 15.3. The Bertz CT molecular complexity index is 620. The molecule has 3 N–H and O–H groups in total. The molecule has 0 aliphatic carbocycles. The summed E-state index contributed by atoms with van der Waals surface area (Å²) in [6.45, 7) is 5.74. The Hall–Kier alpha value is -1.59. The van der Waals surface area contributed by atoms with Gasteiger partial charge in [-0.15, -0.1) is 0 Å². The molecule has 2 fully saturated rings. The average Bonchev–Trinajstić information content (AvgIpc) is 3.03. The van der Waals surface area contributed by atoms with E-state index in [2.05, 4.69) is 19.8 Å². The van der Waals surface area contributed by atoms with E-state index in [4.69, 9.17) is 5.73 Å². The first kappa shape index (κ1) is 12.2. The minimum Gasteiger partial charge on any atom is -0.399 e. The smallest absolute Gasteiger partial charge is 0.121 e. The number of rotatable bonds is 2. The van der Waals surface area contributed by atoms with Gasteiger partial charge in [-0.3, -0.25) is 9.80 Å². The second-order valence-corrected chi connectivity index (χ2v) is 6.03. The van der Waals surface area contributed by atoms with Crippen molar-refractivity contribution in [2.45, 2.75) is 25.4 Å². The molecule has 2 aromatic rings. The highest BCUT2D eigenvalue weighted by Crippen LogP contribution is 2.22. The first-order chi connectivity index (χ1) is 9.78. The summed E-state index contributed by atoms with van der Waals surface area (Å²) in [6.07, 6.45) is 2.72. The third-order valence-corrected chi connectivity index (χ3v) is 4.60. The van der Waals surface area contributed by atoms with Gasteiger partial charge in [0.2, 0.25) is 0 Å². The maximum atomic E-state index is 5.81. The molecule has 2 aliphatic rings. The molecule has 3 heterocycles. The molecule has 4 rings (SSSR count). The normalized spacial score (nSPS) is 24.3. The number of hydrogen-bond acceptors (Lipinski definition) is 4. The van der Waals surface area contributed by atoms with E-state index >= 15 is 0 Å². The van der Waals surface area contributed by atoms with E-state index in [0.29, 0.717) is 0 Å². The van der Waals surface area contributed by atoms with Crippen LogP contribution < -0.4 is 5.73 Å². The van der Waals surface area contributed by atoms with Crippen molar-refractivity contribution in [2.24, 2.45) is 0 Å². The van der Waals surface area contributed by atoms with E-state index in [0.717, 1.165) is 41.7 Å². The van der Waals surface area contributed by atoms with Gasteiger partial charge in [0.1, 0.15) is 5.82 Å². The molecule has 0 amide bonds. The number of nitrogen functional groups attached to an aromatic ring is 1. The summed E-state index contributed by atoms with van der Waals surface area (Å²) in [5.41, 5.74) is 8.65. The van der Waals surface area contributed by atoms with E-state index in [9.17, 15) is 0 Å². The standard InChI is InChI=1S/C15H21N5/c16-11-3-4-13-14(8-11)18-15(17-13)10-19-6-7-20-5-1-2-12(20)9-19/h3-4,8,12H,1-2,5-7,9-10,16H2,(H,17,18). The molecule has 5 heteroatoms. The zero-order valence-corrected chi connectivity index (χ0v) is 11.7. The van der Waals surface area contributed by atoms with Crippen molar-refractivity contribution >= 4 is 16.7 Å². The highest BCUT2D eigenvalue weighted by molar-refractivity contribution is 5.78. The molecule has 2 saturated heterocycles. The van der Waals surface area contributed by atoms with Gasteiger partial charge < -0.3 is 10.7 Å². The zero-order chi connectivity index (χ0) is 13.5. The maximum Gasteiger partial charge on any atom is 0.121 e. The minimum atomic E-state index is 0.767. The molecule has 0 radical (unpaired) electrons. The van der Waals surface area contributed by atoms with Crippen molar-refractivity contribution in [3.63, 3.8) is 0 Å². The number of H-pyrrole nitrogens is 1. The van der Waals surface area contributed by atoms with Gasteiger partial charge >= 0.3 is 0 Å². The largest absolute Gasteiger partial charge is 0.399 e. The summed E-state index contributed by atoms with van der Waals surface area (Å²) in [5.74, 6) is 1.05. The molecule has 0 bridgehead atoms. The summed E-state index contributed by atoms with van der Waals surface area (Å²) < 4.78 is 0. The van der Waals surface area contributed by atoms with Crippen LogP contribution in [0, 0.1) is 0 Å². The van der Waals surface area contributed by atoms with Crippen LogP contribution in [0.3, 0.4) is 0 Å². The monoisotopic (exact) mass is 271 g/mol. The molecule has 1 aromatic carbocycles. The number of aromatic nitrogens is 2. The number of fused-ring (bicyclic) bond motifs is 2. The Morgan fingerprint density at radius 2 is 2.25 bits per heavy atom. The molecule has 1 atom stereocenters. The van der Waals surface area contributed by atoms with Crippen LogP contribution >= 0.6 is 0 Å². The van der Waals surface area contributed by atoms with Gasteiger partial charge in [-0.25, -0.2) is 4.98 Å². The molecule has 106 valence electrons. The number of aromatic amines is 1. The third kappa shape index (κ3) is 2.17. The van der Waals surface area contributed by atoms with E-state index in [1.807, 2.05) is 18.2 Å². The molecule has 2 aliphatic heterocycles. The van der Waals surface area contributed by atoms with Crippen LogP contribution in [0.25, 0.3) is 11.0 Å². The summed E-state index contributed by atoms with van der Waals surface area (Å²) in [7, 11) is 0. The van der Waals surface area contributed by atoms with Gasteiger partial charge in [0.25, 0.3) is 0 Å². The van der Waals surface area contributed by atoms with Crippen molar-refractivity contribution < 1.29 is 0 Å². The number of nitrogens with zero attached hydrogens (tertiary/aromatic N) is 3. The first-order valence-electron chi connectivity index (χ1n) is 7.48. The highest BCUT2D eigenvalue weighted by Gasteiger charge is 2.30. The maximum absolute atomic E-state index is 5.81. The second-order valence-electron chi connectivity index (χ2n) is 6.03. The average molecular weight is 271 g/mol. The van der Waals surface area contributed by atoms with Crippen LogP contribution in [-0.2, 0) is 6.54 Å². The Labute approximate surface area is 118 Å². The van der Waals surface area contributed by atoms with Gasteiger partial charge in [-0.2, -0.15) is 0 Å². The van der Waals surface area contributed by atoms with Crippen molar-refractivity contribution in [3.05, 3.63) is 24.0 Å². The molecular weight excluding hydrogens is 250 g/mol. The number of nitrogens with two attached hydrogens (primary N) is 1. The van der Waals surface area contributed by atoms with Gasteiger partial charge in [-0.05, 0) is 37.6 Å². The Morgan fingerprint density at radius 1 is 1.30 bits per heavy atom. The molecule has 0 spiro atoms. The molecule has 1 aromatic heterocycles. The fraction of sp³-hybridized carbons (Fsp3) is 0.533. The third-order valence-electron chi connectivity index (χ3n) is 4.60. The number of nitrogens with one attached hydrogen (secondary N) is 1. The molecule has 0 saturated carbocycles. The van der Waals surface area contributed by atoms with Crippen LogP contribution in [0.2, 0.25) is 0 Å². The zero-order valence-electron chi connectivity index (χ0n) is 11.7. The van der Waals surface area contributed by atoms with Gasteiger partial charge in [0.05, 0.1) is 17.6 Å². The van der Waals surface area contributed by atoms with E-state index < -0.39 is 0 Å². The van der Waals surface area contributed by atoms with Crippen LogP contribution in [0.1, 0.15) is 18.7 Å². The minimum absolute atomic E-state index is 0.767. The fourth-order valence-corrected chi connectivity index (χ4v) is 3.57. The van der Waals surface area contributed by atoms with Crippen LogP contribution in [0.5, 0.6) is 0 Å². The summed E-state index contributed by atoms with van der Waals surface area (Å²) in [5, 5.41) is 0. The number of anilines is 1. The van der Waals surface area contributed by atoms with Crippen molar-refractivity contribution in [3.8, 4) is 0 Å². The lowest BCUT2D eigenvalue weighted by Gasteiger charge is -2.37. The van der Waals surface area contributed by atoms with E-state index in [-0.39, 0.29) is 0 Å². The lowest BCUT2D eigenvalue weighted by molar-refractivity contribution is 0.0977. The molecule has 20 heavy (non-hydrogen) atoms. The predicted octanol–water partition coefficient (Wildman–Crippen LogP) is 1.43. The topological polar surface area (TPSA) is 61.2 Å². The second kappa shape index (κ2) is 4.75. The van der Waals surface area contributed by atoms with Crippen LogP contribution in [-0.4, -0.2) is 52.0 Å². The summed E-state index contributed by atoms with van der Waals surface area (Å²) in [4.78, 5) is 13.2. The molecular formula is C15H21N5. The Balaban J connectivity index is 1.49. The van der Waals surface area contributed by atoms with Crippen LogP contribution in [0.4, 0.5) is 5.69 Å². The van der Waals surface area contributed by atoms with E-state index in [1.54, 1.807) is 0 Å². The van der Waals surface area contributed by atoms with Crippen molar-refractivity contribution in [2.75, 3.05) is 31.9 Å². The number of hydrogen-bond donors (Lipinski definition) is 2. The van der Waals surface area contributed by atoms with Crippen LogP contribution in [0.15, 0.2) is 18.2 Å². The molecule has 5 nitrogen and oxygen atoms in total. The lowest BCUT2D eigenvalue weighted by Crippen LogP contribution is -2.49. The summed E-state index contributed by atoms with van der Waals surface area (Å²) >= 11 is 0. The quantitative estimate of drug-likeness (QED) is 0.811. The summed E-state index contributed by atoms with van der Waals surface area (Å²) in [6, 6.07) is 6.62. The van der Waals surface area contributed by atoms with Gasteiger partial charge in [-0.1, -0.05) is 0 Å². The number of benzene rings is 1. The molecule has 1 unspecified atom stereocenters. The van der Waals surface area contributed by atoms with Gasteiger partial charge in [0.15, 0.2) is 0 Å². The van der Waals surface area contributed by atoms with Crippen molar-refractivity contribution in [1.29, 1.82) is 0 Å². The van der Waals surface area contributed by atoms with Crippen molar-refractivity contribution in [1.82, 2.24) is 19.8 Å². The fourth-order valence-electron chi connectivity index (χ4n) is 3.57. The Morgan fingerprint density at radius 3 is 3.20 bits per heavy atom. The number of imidazole rings is 1. The van der Waals surface area contributed by atoms with Gasteiger partial charge in [0, 0.05) is 31.4 Å². The predicted molar refractivity (Wildman–Crippen MR) is 80.4 cm³/mol. The SMILES string of the molecule is Nc1ccc2nc(CN3CCN4CCCC4C3)[nH]c2c1.